The van der Waals surface area contributed by atoms with Crippen molar-refractivity contribution >= 4 is 18.0 Å². The monoisotopic (exact) mass is 402 g/mol. The van der Waals surface area contributed by atoms with Crippen LogP contribution in [0.2, 0.25) is 0 Å². The van der Waals surface area contributed by atoms with Crippen molar-refractivity contribution < 1.29 is 28.6 Å². The molecule has 3 rings (SSSR count). The third-order valence-electron chi connectivity index (χ3n) is 5.14. The van der Waals surface area contributed by atoms with Crippen LogP contribution in [0, 0.1) is 0 Å². The van der Waals surface area contributed by atoms with E-state index in [9.17, 15) is 14.4 Å². The smallest absolute Gasteiger partial charge is 0.414 e. The van der Waals surface area contributed by atoms with Gasteiger partial charge in [-0.15, -0.1) is 0 Å². The fourth-order valence-corrected chi connectivity index (χ4v) is 3.50. The summed E-state index contributed by atoms with van der Waals surface area (Å²) in [5, 5.41) is 0. The Kier molecular flexibility index (Phi) is 7.24. The molecule has 2 amide bonds. The Morgan fingerprint density at radius 2 is 1.79 bits per heavy atom. The van der Waals surface area contributed by atoms with Crippen LogP contribution in [-0.2, 0) is 30.4 Å². The number of hydrogen-bond acceptors (Lipinski definition) is 6. The summed E-state index contributed by atoms with van der Waals surface area (Å²) < 4.78 is 15.4. The number of benzene rings is 1. The predicted octanol–water partition coefficient (Wildman–Crippen LogP) is 2.44. The van der Waals surface area contributed by atoms with Crippen LogP contribution in [0.25, 0.3) is 0 Å². The third kappa shape index (κ3) is 5.80. The van der Waals surface area contributed by atoms with Gasteiger partial charge in [0.25, 0.3) is 0 Å². The Balaban J connectivity index is 1.45. The normalized spacial score (nSPS) is 21.8. The van der Waals surface area contributed by atoms with Gasteiger partial charge in [-0.1, -0.05) is 30.3 Å². The molecule has 156 valence electrons. The minimum absolute atomic E-state index is 0.00122. The molecule has 0 bridgehead atoms. The largest absolute Gasteiger partial charge is 0.467 e. The maximum absolute atomic E-state index is 12.6. The molecular formula is C21H26N2O6. The lowest BCUT2D eigenvalue weighted by Crippen LogP contribution is -2.48. The lowest BCUT2D eigenvalue weighted by Gasteiger charge is -2.37. The summed E-state index contributed by atoms with van der Waals surface area (Å²) in [5.74, 6) is -0.524. The van der Waals surface area contributed by atoms with Gasteiger partial charge in [-0.05, 0) is 31.2 Å². The standard InChI is InChI=1S/C21H26N2O6/c1-27-20(25)15-28-18-9-7-17(8-10-18)23-12-11-22(13-19(23)24)21(26)29-14-16-5-3-2-4-6-16/h2-6,11-12,17-18H,7-10,13-15H2,1H3. The van der Waals surface area contributed by atoms with E-state index in [2.05, 4.69) is 4.74 Å². The zero-order chi connectivity index (χ0) is 20.6. The number of methoxy groups -OCH3 is 1. The molecule has 1 saturated carbocycles. The van der Waals surface area contributed by atoms with Crippen LogP contribution in [0.4, 0.5) is 4.79 Å². The van der Waals surface area contributed by atoms with E-state index in [1.54, 1.807) is 17.3 Å². The predicted molar refractivity (Wildman–Crippen MR) is 103 cm³/mol. The summed E-state index contributed by atoms with van der Waals surface area (Å²) >= 11 is 0. The Morgan fingerprint density at radius 3 is 2.45 bits per heavy atom. The highest BCUT2D eigenvalue weighted by molar-refractivity contribution is 5.85. The fourth-order valence-electron chi connectivity index (χ4n) is 3.50. The van der Waals surface area contributed by atoms with E-state index in [1.807, 2.05) is 30.3 Å². The van der Waals surface area contributed by atoms with Gasteiger partial charge in [-0.25, -0.2) is 9.59 Å². The lowest BCUT2D eigenvalue weighted by atomic mass is 9.91. The molecule has 2 aliphatic rings. The van der Waals surface area contributed by atoms with Crippen LogP contribution in [0.15, 0.2) is 42.7 Å². The summed E-state index contributed by atoms with van der Waals surface area (Å²) in [6, 6.07) is 9.46. The van der Waals surface area contributed by atoms with Gasteiger partial charge in [-0.2, -0.15) is 0 Å². The minimum atomic E-state index is -0.543. The number of carbonyl (C=O) groups is 3. The van der Waals surface area contributed by atoms with E-state index in [-0.39, 0.29) is 43.8 Å². The SMILES string of the molecule is COC(=O)COC1CCC(N2C=CN(C(=O)OCc3ccccc3)CC2=O)CC1. The van der Waals surface area contributed by atoms with Crippen LogP contribution in [0.3, 0.4) is 0 Å². The zero-order valence-corrected chi connectivity index (χ0v) is 16.5. The quantitative estimate of drug-likeness (QED) is 0.680. The average Bonchev–Trinajstić information content (AvgIpc) is 2.77. The highest BCUT2D eigenvalue weighted by atomic mass is 16.6. The number of hydrogen-bond donors (Lipinski definition) is 0. The Morgan fingerprint density at radius 1 is 1.07 bits per heavy atom. The first-order valence-electron chi connectivity index (χ1n) is 9.72. The molecule has 29 heavy (non-hydrogen) atoms. The molecule has 0 spiro atoms. The van der Waals surface area contributed by atoms with Crippen molar-refractivity contribution in [3.63, 3.8) is 0 Å². The molecule has 1 aliphatic heterocycles. The summed E-state index contributed by atoms with van der Waals surface area (Å²) in [4.78, 5) is 38.9. The second kappa shape index (κ2) is 10.1. The Labute approximate surface area is 170 Å². The molecule has 1 aromatic rings. The highest BCUT2D eigenvalue weighted by Crippen LogP contribution is 2.27. The van der Waals surface area contributed by atoms with E-state index in [0.29, 0.717) is 0 Å². The van der Waals surface area contributed by atoms with Gasteiger partial charge in [0, 0.05) is 18.4 Å². The minimum Gasteiger partial charge on any atom is -0.467 e. The van der Waals surface area contributed by atoms with Gasteiger partial charge in [0.15, 0.2) is 0 Å². The molecular weight excluding hydrogens is 376 g/mol. The Hall–Kier alpha value is -2.87. The molecule has 1 fully saturated rings. The molecule has 1 heterocycles. The Bertz CT molecular complexity index is 743. The highest BCUT2D eigenvalue weighted by Gasteiger charge is 2.32. The van der Waals surface area contributed by atoms with Crippen LogP contribution in [0.1, 0.15) is 31.2 Å². The van der Waals surface area contributed by atoms with Gasteiger partial charge >= 0.3 is 12.1 Å². The molecule has 0 N–H and O–H groups in total. The summed E-state index contributed by atoms with van der Waals surface area (Å²) in [5.41, 5.74) is 0.890. The first-order chi connectivity index (χ1) is 14.1. The van der Waals surface area contributed by atoms with E-state index < -0.39 is 6.09 Å². The summed E-state index contributed by atoms with van der Waals surface area (Å²) in [6.07, 6.45) is 5.78. The van der Waals surface area contributed by atoms with Crippen molar-refractivity contribution in [2.24, 2.45) is 0 Å². The third-order valence-corrected chi connectivity index (χ3v) is 5.14. The zero-order valence-electron chi connectivity index (χ0n) is 16.5. The number of rotatable bonds is 6. The van der Waals surface area contributed by atoms with E-state index >= 15 is 0 Å². The molecule has 0 atom stereocenters. The van der Waals surface area contributed by atoms with E-state index in [0.717, 1.165) is 31.2 Å². The molecule has 8 nitrogen and oxygen atoms in total. The number of amides is 2. The van der Waals surface area contributed by atoms with Crippen molar-refractivity contribution in [3.05, 3.63) is 48.3 Å². The van der Waals surface area contributed by atoms with Crippen molar-refractivity contribution in [2.45, 2.75) is 44.4 Å². The fraction of sp³-hybridized carbons (Fsp3) is 0.476. The van der Waals surface area contributed by atoms with Crippen molar-refractivity contribution in [1.82, 2.24) is 9.80 Å². The van der Waals surface area contributed by atoms with Crippen LogP contribution in [-0.4, -0.2) is 60.2 Å². The van der Waals surface area contributed by atoms with Crippen LogP contribution >= 0.6 is 0 Å². The van der Waals surface area contributed by atoms with Gasteiger partial charge in [0.05, 0.1) is 13.2 Å². The van der Waals surface area contributed by atoms with Gasteiger partial charge < -0.3 is 19.1 Å². The van der Waals surface area contributed by atoms with E-state index in [1.165, 1.54) is 12.0 Å². The number of nitrogens with zero attached hydrogens (tertiary/aromatic N) is 2. The molecule has 0 saturated heterocycles. The van der Waals surface area contributed by atoms with Crippen LogP contribution < -0.4 is 0 Å². The van der Waals surface area contributed by atoms with Crippen molar-refractivity contribution in [3.8, 4) is 0 Å². The summed E-state index contributed by atoms with van der Waals surface area (Å²) in [7, 11) is 1.33. The van der Waals surface area contributed by atoms with Gasteiger partial charge in [0.1, 0.15) is 19.8 Å². The first-order valence-corrected chi connectivity index (χ1v) is 9.72. The maximum Gasteiger partial charge on any atom is 0.414 e. The molecule has 8 heteroatoms. The second-order valence-corrected chi connectivity index (χ2v) is 7.08. The summed E-state index contributed by atoms with van der Waals surface area (Å²) in [6.45, 7) is 0.0782. The lowest BCUT2D eigenvalue weighted by molar-refractivity contribution is -0.148. The molecule has 0 aromatic heterocycles. The topological polar surface area (TPSA) is 85.4 Å². The van der Waals surface area contributed by atoms with Crippen molar-refractivity contribution in [2.75, 3.05) is 20.3 Å². The number of ether oxygens (including phenoxy) is 3. The van der Waals surface area contributed by atoms with Gasteiger partial charge in [-0.3, -0.25) is 9.69 Å². The maximum atomic E-state index is 12.6. The van der Waals surface area contributed by atoms with E-state index in [4.69, 9.17) is 9.47 Å². The van der Waals surface area contributed by atoms with Crippen molar-refractivity contribution in [1.29, 1.82) is 0 Å². The number of esters is 1. The number of carbonyl (C=O) groups excluding carboxylic acids is 3. The first kappa shape index (κ1) is 20.9. The second-order valence-electron chi connectivity index (χ2n) is 7.08. The molecule has 1 aliphatic carbocycles. The van der Waals surface area contributed by atoms with Crippen LogP contribution in [0.5, 0.6) is 0 Å². The molecule has 0 unspecified atom stereocenters. The molecule has 1 aromatic carbocycles. The average molecular weight is 402 g/mol. The van der Waals surface area contributed by atoms with Gasteiger partial charge in [0.2, 0.25) is 5.91 Å². The molecule has 0 radical (unpaired) electrons.